The van der Waals surface area contributed by atoms with E-state index in [0.717, 1.165) is 10.0 Å². The van der Waals surface area contributed by atoms with Crippen LogP contribution in [0.4, 0.5) is 4.39 Å². The second-order valence-corrected chi connectivity index (χ2v) is 5.58. The molecular weight excluding hydrogens is 363 g/mol. The monoisotopic (exact) mass is 372 g/mol. The summed E-state index contributed by atoms with van der Waals surface area (Å²) >= 11 is 3.29. The lowest BCUT2D eigenvalue weighted by molar-refractivity contribution is 0.0726. The second kappa shape index (κ2) is 6.66. The first-order valence-corrected chi connectivity index (χ1v) is 7.48. The maximum Gasteiger partial charge on any atom is 0.344 e. The molecule has 0 radical (unpaired) electrons. The number of carbonyl (C=O) groups excluding carboxylic acids is 1. The van der Waals surface area contributed by atoms with Gasteiger partial charge in [0.25, 0.3) is 0 Å². The van der Waals surface area contributed by atoms with Gasteiger partial charge in [0, 0.05) is 16.1 Å². The van der Waals surface area contributed by atoms with E-state index < -0.39 is 5.97 Å². The van der Waals surface area contributed by atoms with E-state index in [1.54, 1.807) is 42.5 Å². The zero-order valence-electron chi connectivity index (χ0n) is 11.7. The Balaban J connectivity index is 1.75. The normalized spacial score (nSPS) is 10.3. The predicted octanol–water partition coefficient (Wildman–Crippen LogP) is 4.26. The summed E-state index contributed by atoms with van der Waals surface area (Å²) in [5.74, 6) is -0.739. The molecule has 0 unspecified atom stereocenters. The van der Waals surface area contributed by atoms with E-state index in [9.17, 15) is 9.18 Å². The molecule has 23 heavy (non-hydrogen) atoms. The van der Waals surface area contributed by atoms with Gasteiger partial charge in [0.2, 0.25) is 5.88 Å². The number of rotatable bonds is 3. The molecule has 0 bridgehead atoms. The Morgan fingerprint density at radius 2 is 1.78 bits per heavy atom. The predicted molar refractivity (Wildman–Crippen MR) is 86.5 cm³/mol. The van der Waals surface area contributed by atoms with Crippen molar-refractivity contribution in [1.29, 1.82) is 0 Å². The lowest BCUT2D eigenvalue weighted by atomic mass is 10.1. The number of halogens is 2. The van der Waals surface area contributed by atoms with E-state index in [0.29, 0.717) is 11.3 Å². The van der Waals surface area contributed by atoms with Crippen molar-refractivity contribution in [2.45, 2.75) is 0 Å². The van der Waals surface area contributed by atoms with Crippen LogP contribution in [0.2, 0.25) is 0 Å². The van der Waals surface area contributed by atoms with Gasteiger partial charge >= 0.3 is 5.97 Å². The molecule has 3 aromatic rings. The SMILES string of the molecule is O=C(Oc1ccc(-c2ccc(F)cc2)nn1)c1cccc(Br)c1. The summed E-state index contributed by atoms with van der Waals surface area (Å²) in [6.07, 6.45) is 0. The molecule has 0 fully saturated rings. The van der Waals surface area contributed by atoms with Crippen LogP contribution in [-0.4, -0.2) is 16.2 Å². The van der Waals surface area contributed by atoms with Gasteiger partial charge in [0.05, 0.1) is 11.3 Å². The van der Waals surface area contributed by atoms with Gasteiger partial charge in [-0.3, -0.25) is 0 Å². The van der Waals surface area contributed by atoms with Crippen molar-refractivity contribution in [3.05, 3.63) is 76.5 Å². The highest BCUT2D eigenvalue weighted by Gasteiger charge is 2.10. The van der Waals surface area contributed by atoms with Gasteiger partial charge in [-0.15, -0.1) is 10.2 Å². The molecule has 0 amide bonds. The van der Waals surface area contributed by atoms with Gasteiger partial charge in [-0.25, -0.2) is 9.18 Å². The van der Waals surface area contributed by atoms with E-state index >= 15 is 0 Å². The van der Waals surface area contributed by atoms with E-state index in [-0.39, 0.29) is 11.7 Å². The molecule has 4 nitrogen and oxygen atoms in total. The van der Waals surface area contributed by atoms with Gasteiger partial charge in [0.15, 0.2) is 0 Å². The summed E-state index contributed by atoms with van der Waals surface area (Å²) in [6.45, 7) is 0. The van der Waals surface area contributed by atoms with E-state index in [4.69, 9.17) is 4.74 Å². The first-order valence-electron chi connectivity index (χ1n) is 6.69. The summed E-state index contributed by atoms with van der Waals surface area (Å²) in [5, 5.41) is 7.85. The van der Waals surface area contributed by atoms with Crippen LogP contribution in [0.3, 0.4) is 0 Å². The topological polar surface area (TPSA) is 52.1 Å². The maximum atomic E-state index is 12.9. The van der Waals surface area contributed by atoms with Gasteiger partial charge in [0.1, 0.15) is 5.82 Å². The number of esters is 1. The molecule has 0 atom stereocenters. The average Bonchev–Trinajstić information content (AvgIpc) is 2.56. The van der Waals surface area contributed by atoms with Gasteiger partial charge < -0.3 is 4.74 Å². The number of aromatic nitrogens is 2. The maximum absolute atomic E-state index is 12.9. The highest BCUT2D eigenvalue weighted by molar-refractivity contribution is 9.10. The molecule has 0 spiro atoms. The first-order chi connectivity index (χ1) is 11.1. The molecule has 1 heterocycles. The summed E-state index contributed by atoms with van der Waals surface area (Å²) < 4.78 is 18.9. The number of nitrogens with zero attached hydrogens (tertiary/aromatic N) is 2. The molecule has 1 aromatic heterocycles. The Morgan fingerprint density at radius 1 is 1.00 bits per heavy atom. The highest BCUT2D eigenvalue weighted by atomic mass is 79.9. The summed E-state index contributed by atoms with van der Waals surface area (Å²) in [5.41, 5.74) is 1.69. The van der Waals surface area contributed by atoms with Gasteiger partial charge in [-0.1, -0.05) is 22.0 Å². The third kappa shape index (κ3) is 3.78. The van der Waals surface area contributed by atoms with Crippen molar-refractivity contribution in [2.24, 2.45) is 0 Å². The number of hydrogen-bond acceptors (Lipinski definition) is 4. The molecule has 0 aliphatic rings. The average molecular weight is 373 g/mol. The summed E-state index contributed by atoms with van der Waals surface area (Å²) in [6, 6.07) is 16.0. The Labute approximate surface area is 140 Å². The molecule has 114 valence electrons. The number of carbonyl (C=O) groups is 1. The Morgan fingerprint density at radius 3 is 2.43 bits per heavy atom. The summed E-state index contributed by atoms with van der Waals surface area (Å²) in [4.78, 5) is 12.0. The van der Waals surface area contributed by atoms with E-state index in [1.165, 1.54) is 12.1 Å². The molecule has 0 N–H and O–H groups in total. The number of benzene rings is 2. The van der Waals surface area contributed by atoms with Gasteiger partial charge in [-0.05, 0) is 48.5 Å². The molecule has 3 rings (SSSR count). The Kier molecular flexibility index (Phi) is 4.43. The zero-order valence-corrected chi connectivity index (χ0v) is 13.3. The highest BCUT2D eigenvalue weighted by Crippen LogP contribution is 2.19. The lowest BCUT2D eigenvalue weighted by Gasteiger charge is -2.04. The summed E-state index contributed by atoms with van der Waals surface area (Å²) in [7, 11) is 0. The van der Waals surface area contributed by atoms with Crippen LogP contribution in [0.25, 0.3) is 11.3 Å². The van der Waals surface area contributed by atoms with Crippen LogP contribution in [0, 0.1) is 5.82 Å². The fourth-order valence-corrected chi connectivity index (χ4v) is 2.32. The molecule has 2 aromatic carbocycles. The minimum atomic E-state index is -0.518. The lowest BCUT2D eigenvalue weighted by Crippen LogP contribution is -2.09. The van der Waals surface area contributed by atoms with Crippen molar-refractivity contribution in [2.75, 3.05) is 0 Å². The minimum absolute atomic E-state index is 0.0980. The van der Waals surface area contributed by atoms with Crippen LogP contribution in [0.15, 0.2) is 65.1 Å². The van der Waals surface area contributed by atoms with Crippen LogP contribution in [0.5, 0.6) is 5.88 Å². The Bertz CT molecular complexity index is 836. The minimum Gasteiger partial charge on any atom is -0.402 e. The Hall–Kier alpha value is -2.60. The quantitative estimate of drug-likeness (QED) is 0.644. The fourth-order valence-electron chi connectivity index (χ4n) is 1.92. The van der Waals surface area contributed by atoms with Gasteiger partial charge in [-0.2, -0.15) is 0 Å². The molecule has 0 saturated carbocycles. The van der Waals surface area contributed by atoms with Crippen LogP contribution in [0.1, 0.15) is 10.4 Å². The van der Waals surface area contributed by atoms with Crippen molar-refractivity contribution in [1.82, 2.24) is 10.2 Å². The third-order valence-corrected chi connectivity index (χ3v) is 3.53. The van der Waals surface area contributed by atoms with Crippen molar-refractivity contribution in [3.63, 3.8) is 0 Å². The van der Waals surface area contributed by atoms with Crippen molar-refractivity contribution in [3.8, 4) is 17.1 Å². The second-order valence-electron chi connectivity index (χ2n) is 4.66. The third-order valence-electron chi connectivity index (χ3n) is 3.04. The molecule has 6 heteroatoms. The first kappa shape index (κ1) is 15.3. The van der Waals surface area contributed by atoms with Crippen molar-refractivity contribution >= 4 is 21.9 Å². The fraction of sp³-hybridized carbons (Fsp3) is 0. The molecule has 0 saturated heterocycles. The molecule has 0 aliphatic carbocycles. The molecule has 0 aliphatic heterocycles. The van der Waals surface area contributed by atoms with E-state index in [2.05, 4.69) is 26.1 Å². The zero-order chi connectivity index (χ0) is 16.2. The van der Waals surface area contributed by atoms with Crippen LogP contribution < -0.4 is 4.74 Å². The number of hydrogen-bond donors (Lipinski definition) is 0. The van der Waals surface area contributed by atoms with E-state index in [1.807, 2.05) is 6.07 Å². The molecular formula is C17H10BrFN2O2. The number of ether oxygens (including phenoxy) is 1. The van der Waals surface area contributed by atoms with Crippen LogP contribution >= 0.6 is 15.9 Å². The largest absolute Gasteiger partial charge is 0.402 e. The van der Waals surface area contributed by atoms with Crippen LogP contribution in [-0.2, 0) is 0 Å². The smallest absolute Gasteiger partial charge is 0.344 e. The standard InChI is InChI=1S/C17H10BrFN2O2/c18-13-3-1-2-12(10-13)17(22)23-16-9-8-15(20-21-16)11-4-6-14(19)7-5-11/h1-10H. The van der Waals surface area contributed by atoms with Crippen molar-refractivity contribution < 1.29 is 13.9 Å².